The molecule has 0 radical (unpaired) electrons. The first-order valence-corrected chi connectivity index (χ1v) is 21.6. The highest BCUT2D eigenvalue weighted by atomic mass is 35.5. The Morgan fingerprint density at radius 1 is 0.643 bits per heavy atom. The number of carboxylic acids is 1. The number of carbonyl (C=O) groups excluding carboxylic acids is 1. The average molecular weight is 783 g/mol. The first kappa shape index (κ1) is 40.1. The number of aromatic nitrogens is 4. The lowest BCUT2D eigenvalue weighted by Gasteiger charge is -2.25. The van der Waals surface area contributed by atoms with Crippen molar-refractivity contribution in [3.8, 4) is 11.5 Å². The number of carbonyl (C=O) groups is 2. The van der Waals surface area contributed by atoms with Crippen LogP contribution in [0.15, 0.2) is 48.5 Å². The van der Waals surface area contributed by atoms with Crippen molar-refractivity contribution in [3.05, 3.63) is 93.6 Å². The van der Waals surface area contributed by atoms with E-state index < -0.39 is 17.8 Å². The molecule has 2 saturated carbocycles. The van der Waals surface area contributed by atoms with Gasteiger partial charge in [0.15, 0.2) is 0 Å². The standard InChI is InChI=1S/C23H29ClN2O2.C23H30N2O3/c1-28-22-14-8-6-11-17(22)19(23(24)27)15-20-18-12-5-7-13-21(18)26(25-20)16-9-3-2-4-10-16;1-28-22-14-8-6-11-17(22)19(23(26)27)15-20-18-12-5-7-13-21(18)25(24-20)16-9-3-2-4-10-16/h6,8,11,14,16,19H,2-5,7,9-10,12-13,15H2,1H3;6,8,11,14,16,19H,2-5,7,9-10,12-13,15H2,1H3,(H,26,27). The molecule has 300 valence electrons. The number of aliphatic carboxylic acids is 1. The third kappa shape index (κ3) is 8.88. The van der Waals surface area contributed by atoms with Crippen LogP contribution in [-0.2, 0) is 48.1 Å². The predicted octanol–water partition coefficient (Wildman–Crippen LogP) is 10.1. The van der Waals surface area contributed by atoms with Crippen molar-refractivity contribution >= 4 is 22.8 Å². The van der Waals surface area contributed by atoms with Gasteiger partial charge in [-0.2, -0.15) is 10.2 Å². The summed E-state index contributed by atoms with van der Waals surface area (Å²) in [5.41, 5.74) is 9.10. The van der Waals surface area contributed by atoms with Gasteiger partial charge < -0.3 is 14.6 Å². The van der Waals surface area contributed by atoms with Gasteiger partial charge in [0, 0.05) is 35.4 Å². The highest BCUT2D eigenvalue weighted by Gasteiger charge is 2.32. The van der Waals surface area contributed by atoms with E-state index in [-0.39, 0.29) is 5.24 Å². The van der Waals surface area contributed by atoms with Gasteiger partial charge in [-0.15, -0.1) is 0 Å². The summed E-state index contributed by atoms with van der Waals surface area (Å²) in [5.74, 6) is -0.547. The van der Waals surface area contributed by atoms with E-state index in [1.165, 1.54) is 112 Å². The van der Waals surface area contributed by atoms with Crippen LogP contribution in [0.5, 0.6) is 11.5 Å². The number of nitrogens with zero attached hydrogens (tertiary/aromatic N) is 4. The number of halogens is 1. The Hall–Kier alpha value is -4.11. The van der Waals surface area contributed by atoms with Crippen LogP contribution in [-0.4, -0.2) is 50.1 Å². The van der Waals surface area contributed by atoms with Crippen molar-refractivity contribution in [3.63, 3.8) is 0 Å². The molecule has 56 heavy (non-hydrogen) atoms. The van der Waals surface area contributed by atoms with Crippen LogP contribution in [0, 0.1) is 0 Å². The van der Waals surface area contributed by atoms with Crippen LogP contribution in [0.25, 0.3) is 0 Å². The molecule has 8 rings (SSSR count). The fourth-order valence-electron chi connectivity index (χ4n) is 9.93. The molecule has 2 unspecified atom stereocenters. The summed E-state index contributed by atoms with van der Waals surface area (Å²) in [6, 6.07) is 16.1. The molecular weight excluding hydrogens is 724 g/mol. The summed E-state index contributed by atoms with van der Waals surface area (Å²) in [4.78, 5) is 24.5. The molecule has 0 aliphatic heterocycles. The van der Waals surface area contributed by atoms with Gasteiger partial charge in [0.1, 0.15) is 11.5 Å². The van der Waals surface area contributed by atoms with E-state index in [1.54, 1.807) is 14.2 Å². The van der Waals surface area contributed by atoms with Crippen molar-refractivity contribution in [2.75, 3.05) is 14.2 Å². The summed E-state index contributed by atoms with van der Waals surface area (Å²) in [6.45, 7) is 0. The average Bonchev–Trinajstić information content (AvgIpc) is 3.81. The number of methoxy groups -OCH3 is 2. The Morgan fingerprint density at radius 2 is 1.05 bits per heavy atom. The summed E-state index contributed by atoms with van der Waals surface area (Å²) in [7, 11) is 3.23. The van der Waals surface area contributed by atoms with E-state index in [4.69, 9.17) is 31.3 Å². The van der Waals surface area contributed by atoms with Gasteiger partial charge in [-0.25, -0.2) is 0 Å². The molecule has 2 atom stereocenters. The second-order valence-electron chi connectivity index (χ2n) is 16.3. The number of benzene rings is 2. The van der Waals surface area contributed by atoms with Crippen LogP contribution in [0.3, 0.4) is 0 Å². The van der Waals surface area contributed by atoms with Crippen LogP contribution in [0.1, 0.15) is 159 Å². The zero-order valence-electron chi connectivity index (χ0n) is 33.3. The van der Waals surface area contributed by atoms with Gasteiger partial charge in [0.05, 0.1) is 49.5 Å². The summed E-state index contributed by atoms with van der Waals surface area (Å²) < 4.78 is 15.5. The van der Waals surface area contributed by atoms with Gasteiger partial charge >= 0.3 is 5.97 Å². The lowest BCUT2D eigenvalue weighted by atomic mass is 9.88. The Kier molecular flexibility index (Phi) is 13.5. The minimum absolute atomic E-state index is 0.346. The second kappa shape index (κ2) is 18.9. The molecule has 4 aromatic rings. The summed E-state index contributed by atoms with van der Waals surface area (Å²) >= 11 is 6.07. The van der Waals surface area contributed by atoms with Gasteiger partial charge in [-0.05, 0) is 112 Å². The summed E-state index contributed by atoms with van der Waals surface area (Å²) in [6.07, 6.45) is 22.7. The molecule has 2 aromatic heterocycles. The van der Waals surface area contributed by atoms with Gasteiger partial charge in [0.25, 0.3) is 0 Å². The number of para-hydroxylation sites is 2. The first-order valence-electron chi connectivity index (χ1n) is 21.2. The summed E-state index contributed by atoms with van der Waals surface area (Å²) in [5, 5.41) is 19.7. The zero-order valence-corrected chi connectivity index (χ0v) is 34.1. The molecule has 9 nitrogen and oxygen atoms in total. The van der Waals surface area contributed by atoms with Crippen LogP contribution < -0.4 is 9.47 Å². The maximum absolute atomic E-state index is 12.4. The molecule has 0 amide bonds. The normalized spacial score (nSPS) is 18.5. The van der Waals surface area contributed by atoms with Crippen molar-refractivity contribution in [2.45, 2.75) is 152 Å². The number of carboxylic acid groups (broad SMARTS) is 1. The van der Waals surface area contributed by atoms with E-state index in [1.807, 2.05) is 48.5 Å². The predicted molar refractivity (Wildman–Crippen MR) is 219 cm³/mol. The van der Waals surface area contributed by atoms with Crippen molar-refractivity contribution in [1.82, 2.24) is 19.6 Å². The van der Waals surface area contributed by atoms with Crippen molar-refractivity contribution in [1.29, 1.82) is 0 Å². The molecule has 0 bridgehead atoms. The van der Waals surface area contributed by atoms with Crippen LogP contribution in [0.4, 0.5) is 0 Å². The van der Waals surface area contributed by atoms with Crippen molar-refractivity contribution < 1.29 is 24.2 Å². The van der Waals surface area contributed by atoms with E-state index in [2.05, 4.69) is 9.36 Å². The monoisotopic (exact) mass is 782 g/mol. The first-order chi connectivity index (χ1) is 27.4. The molecule has 4 aliphatic carbocycles. The number of hydrogen-bond donors (Lipinski definition) is 1. The minimum Gasteiger partial charge on any atom is -0.496 e. The molecule has 1 N–H and O–H groups in total. The quantitative estimate of drug-likeness (QED) is 0.143. The van der Waals surface area contributed by atoms with Crippen LogP contribution in [0.2, 0.25) is 0 Å². The maximum Gasteiger partial charge on any atom is 0.311 e. The Bertz CT molecular complexity index is 1820. The van der Waals surface area contributed by atoms with Crippen LogP contribution >= 0.6 is 11.6 Å². The number of fused-ring (bicyclic) bond motifs is 2. The lowest BCUT2D eigenvalue weighted by molar-refractivity contribution is -0.138. The molecule has 4 aliphatic rings. The fraction of sp³-hybridized carbons (Fsp3) is 0.565. The highest BCUT2D eigenvalue weighted by Crippen LogP contribution is 2.39. The van der Waals surface area contributed by atoms with E-state index in [9.17, 15) is 14.7 Å². The van der Waals surface area contributed by atoms with Gasteiger partial charge in [-0.3, -0.25) is 19.0 Å². The Labute approximate surface area is 337 Å². The highest BCUT2D eigenvalue weighted by molar-refractivity contribution is 6.64. The largest absolute Gasteiger partial charge is 0.496 e. The molecular formula is C46H59ClN4O5. The van der Waals surface area contributed by atoms with E-state index in [0.717, 1.165) is 48.2 Å². The smallest absolute Gasteiger partial charge is 0.311 e. The molecule has 2 heterocycles. The number of rotatable bonds is 12. The topological polar surface area (TPSA) is 108 Å². The third-order valence-corrected chi connectivity index (χ3v) is 13.1. The third-order valence-electron chi connectivity index (χ3n) is 12.8. The molecule has 0 saturated heterocycles. The molecule has 0 spiro atoms. The zero-order chi connectivity index (χ0) is 39.0. The Balaban J connectivity index is 0.000000172. The van der Waals surface area contributed by atoms with Crippen molar-refractivity contribution in [2.24, 2.45) is 0 Å². The second-order valence-corrected chi connectivity index (χ2v) is 16.6. The van der Waals surface area contributed by atoms with E-state index in [0.29, 0.717) is 36.4 Å². The van der Waals surface area contributed by atoms with E-state index >= 15 is 0 Å². The lowest BCUT2D eigenvalue weighted by Crippen LogP contribution is -2.18. The van der Waals surface area contributed by atoms with Gasteiger partial charge in [0.2, 0.25) is 5.24 Å². The molecule has 2 aromatic carbocycles. The number of ether oxygens (including phenoxy) is 2. The minimum atomic E-state index is -0.818. The number of hydrogen-bond acceptors (Lipinski definition) is 6. The molecule has 10 heteroatoms. The maximum atomic E-state index is 12.4. The molecule has 2 fully saturated rings. The Morgan fingerprint density at radius 3 is 1.48 bits per heavy atom. The SMILES string of the molecule is COc1ccccc1C(Cc1nn(C2CCCCC2)c2c1CCCC2)C(=O)Cl.COc1ccccc1C(Cc1nn(C2CCCCC2)c2c1CCCC2)C(=O)O. The van der Waals surface area contributed by atoms with Gasteiger partial charge in [-0.1, -0.05) is 74.9 Å². The fourth-order valence-corrected chi connectivity index (χ4v) is 10.1.